The fourth-order valence-corrected chi connectivity index (χ4v) is 3.08. The van der Waals surface area contributed by atoms with Gasteiger partial charge in [0.15, 0.2) is 5.76 Å². The van der Waals surface area contributed by atoms with Gasteiger partial charge in [0.25, 0.3) is 0 Å². The molecule has 1 aliphatic rings. The summed E-state index contributed by atoms with van der Waals surface area (Å²) in [6.45, 7) is 6.52. The van der Waals surface area contributed by atoms with E-state index in [9.17, 15) is 4.79 Å². The first kappa shape index (κ1) is 15.1. The van der Waals surface area contributed by atoms with Crippen LogP contribution in [-0.4, -0.2) is 32.3 Å². The number of aromatic nitrogens is 3. The lowest BCUT2D eigenvalue weighted by atomic mass is 10.1. The quantitative estimate of drug-likeness (QED) is 0.871. The number of amides is 1. The molecule has 1 saturated heterocycles. The Kier molecular flexibility index (Phi) is 3.95. The molecule has 0 aliphatic carbocycles. The van der Waals surface area contributed by atoms with Gasteiger partial charge in [0.05, 0.1) is 28.1 Å². The van der Waals surface area contributed by atoms with Crippen molar-refractivity contribution in [1.29, 1.82) is 0 Å². The summed E-state index contributed by atoms with van der Waals surface area (Å²) in [5.74, 6) is 0.786. The molecule has 1 atom stereocenters. The van der Waals surface area contributed by atoms with E-state index >= 15 is 0 Å². The molecule has 6 nitrogen and oxygen atoms in total. The van der Waals surface area contributed by atoms with E-state index in [1.165, 1.54) is 0 Å². The highest BCUT2D eigenvalue weighted by molar-refractivity contribution is 6.31. The van der Waals surface area contributed by atoms with Crippen LogP contribution in [-0.2, 0) is 11.3 Å². The highest BCUT2D eigenvalue weighted by atomic mass is 35.5. The van der Waals surface area contributed by atoms with Crippen LogP contribution >= 0.6 is 11.6 Å². The van der Waals surface area contributed by atoms with Crippen molar-refractivity contribution in [2.75, 3.05) is 6.54 Å². The molecular formula is C15H19ClN4O2. The van der Waals surface area contributed by atoms with Crippen LogP contribution in [0.15, 0.2) is 10.6 Å². The number of rotatable bonds is 3. The van der Waals surface area contributed by atoms with E-state index in [2.05, 4.69) is 10.3 Å². The first-order chi connectivity index (χ1) is 10.5. The summed E-state index contributed by atoms with van der Waals surface area (Å²) in [6.07, 6.45) is 1.87. The lowest BCUT2D eigenvalue weighted by molar-refractivity contribution is -0.133. The summed E-state index contributed by atoms with van der Waals surface area (Å²) in [6, 6.07) is 1.87. The van der Waals surface area contributed by atoms with E-state index in [1.807, 2.05) is 31.7 Å². The van der Waals surface area contributed by atoms with E-state index in [-0.39, 0.29) is 18.5 Å². The minimum Gasteiger partial charge on any atom is -0.359 e. The van der Waals surface area contributed by atoms with E-state index in [4.69, 9.17) is 16.1 Å². The number of carbonyl (C=O) groups is 1. The second-order valence-electron chi connectivity index (χ2n) is 5.76. The summed E-state index contributed by atoms with van der Waals surface area (Å²) in [5.41, 5.74) is 2.40. The Labute approximate surface area is 134 Å². The largest absolute Gasteiger partial charge is 0.359 e. The summed E-state index contributed by atoms with van der Waals surface area (Å²) in [5, 5.41) is 8.87. The van der Waals surface area contributed by atoms with Crippen LogP contribution in [0.4, 0.5) is 0 Å². The molecule has 0 spiro atoms. The maximum absolute atomic E-state index is 12.6. The molecule has 7 heteroatoms. The standard InChI is InChI=1S/C15H19ClN4O2/c1-9-7-13(22-18-9)12-5-4-6-19(12)14(21)8-20-11(3)15(16)10(2)17-20/h7,12H,4-6,8H2,1-3H3/t12-/m1/s1. The Hall–Kier alpha value is -1.82. The van der Waals surface area contributed by atoms with Gasteiger partial charge in [0.1, 0.15) is 6.54 Å². The normalized spacial score (nSPS) is 18.2. The van der Waals surface area contributed by atoms with Gasteiger partial charge in [-0.25, -0.2) is 0 Å². The van der Waals surface area contributed by atoms with Crippen molar-refractivity contribution >= 4 is 17.5 Å². The molecule has 118 valence electrons. The van der Waals surface area contributed by atoms with Crippen molar-refractivity contribution in [1.82, 2.24) is 19.8 Å². The maximum atomic E-state index is 12.6. The summed E-state index contributed by atoms with van der Waals surface area (Å²) in [4.78, 5) is 14.5. The SMILES string of the molecule is Cc1cc([C@H]2CCCN2C(=O)Cn2nc(C)c(Cl)c2C)on1. The number of carbonyl (C=O) groups excluding carboxylic acids is 1. The first-order valence-corrected chi connectivity index (χ1v) is 7.77. The molecular weight excluding hydrogens is 304 g/mol. The Morgan fingerprint density at radius 3 is 2.82 bits per heavy atom. The predicted molar refractivity (Wildman–Crippen MR) is 81.6 cm³/mol. The second-order valence-corrected chi connectivity index (χ2v) is 6.14. The van der Waals surface area contributed by atoms with Crippen molar-refractivity contribution in [3.63, 3.8) is 0 Å². The Bertz CT molecular complexity index is 706. The molecule has 0 saturated carbocycles. The number of nitrogens with zero attached hydrogens (tertiary/aromatic N) is 4. The fraction of sp³-hybridized carbons (Fsp3) is 0.533. The molecule has 3 rings (SSSR count). The topological polar surface area (TPSA) is 64.2 Å². The molecule has 2 aromatic rings. The number of likely N-dealkylation sites (tertiary alicyclic amines) is 1. The molecule has 0 radical (unpaired) electrons. The van der Waals surface area contributed by atoms with Crippen LogP contribution < -0.4 is 0 Å². The molecule has 0 N–H and O–H groups in total. The zero-order chi connectivity index (χ0) is 15.9. The molecule has 1 fully saturated rings. The molecule has 0 aromatic carbocycles. The van der Waals surface area contributed by atoms with Gasteiger partial charge in [-0.2, -0.15) is 5.10 Å². The average Bonchev–Trinajstić information content (AvgIpc) is 3.16. The van der Waals surface area contributed by atoms with Crippen molar-refractivity contribution in [3.8, 4) is 0 Å². The molecule has 22 heavy (non-hydrogen) atoms. The van der Waals surface area contributed by atoms with Gasteiger partial charge < -0.3 is 9.42 Å². The predicted octanol–water partition coefficient (Wildman–Crippen LogP) is 2.81. The molecule has 3 heterocycles. The van der Waals surface area contributed by atoms with Crippen LogP contribution in [0.1, 0.15) is 41.7 Å². The van der Waals surface area contributed by atoms with E-state index in [0.717, 1.165) is 42.2 Å². The van der Waals surface area contributed by atoms with Crippen molar-refractivity contribution in [2.24, 2.45) is 0 Å². The Morgan fingerprint density at radius 1 is 1.45 bits per heavy atom. The van der Waals surface area contributed by atoms with Gasteiger partial charge in [0.2, 0.25) is 5.91 Å². The minimum atomic E-state index is -0.0267. The molecule has 2 aromatic heterocycles. The highest BCUT2D eigenvalue weighted by Gasteiger charge is 2.33. The van der Waals surface area contributed by atoms with Crippen LogP contribution in [0.5, 0.6) is 0 Å². The molecule has 1 amide bonds. The van der Waals surface area contributed by atoms with Crippen molar-refractivity contribution < 1.29 is 9.32 Å². The summed E-state index contributed by atoms with van der Waals surface area (Å²) in [7, 11) is 0. The zero-order valence-electron chi connectivity index (χ0n) is 13.0. The number of hydrogen-bond acceptors (Lipinski definition) is 4. The van der Waals surface area contributed by atoms with Crippen LogP contribution in [0.3, 0.4) is 0 Å². The smallest absolute Gasteiger partial charge is 0.244 e. The highest BCUT2D eigenvalue weighted by Crippen LogP contribution is 2.32. The van der Waals surface area contributed by atoms with Gasteiger partial charge in [-0.05, 0) is 33.6 Å². The van der Waals surface area contributed by atoms with Gasteiger partial charge in [-0.1, -0.05) is 16.8 Å². The number of hydrogen-bond donors (Lipinski definition) is 0. The lowest BCUT2D eigenvalue weighted by Gasteiger charge is -2.22. The van der Waals surface area contributed by atoms with Gasteiger partial charge in [-0.3, -0.25) is 9.48 Å². The van der Waals surface area contributed by atoms with Crippen LogP contribution in [0.25, 0.3) is 0 Å². The van der Waals surface area contributed by atoms with E-state index in [1.54, 1.807) is 4.68 Å². The Morgan fingerprint density at radius 2 is 2.23 bits per heavy atom. The van der Waals surface area contributed by atoms with Gasteiger partial charge in [0, 0.05) is 12.6 Å². The minimum absolute atomic E-state index is 0.0267. The molecule has 1 aliphatic heterocycles. The monoisotopic (exact) mass is 322 g/mol. The van der Waals surface area contributed by atoms with Gasteiger partial charge >= 0.3 is 0 Å². The summed E-state index contributed by atoms with van der Waals surface area (Å²) >= 11 is 6.14. The fourth-order valence-electron chi connectivity index (χ4n) is 2.95. The maximum Gasteiger partial charge on any atom is 0.244 e. The zero-order valence-corrected chi connectivity index (χ0v) is 13.7. The second kappa shape index (κ2) is 5.76. The third-order valence-corrected chi connectivity index (χ3v) is 4.67. The third-order valence-electron chi connectivity index (χ3n) is 4.13. The number of aryl methyl sites for hydroxylation is 2. The van der Waals surface area contributed by atoms with Crippen molar-refractivity contribution in [3.05, 3.63) is 33.9 Å². The molecule has 0 bridgehead atoms. The summed E-state index contributed by atoms with van der Waals surface area (Å²) < 4.78 is 7.01. The molecule has 0 unspecified atom stereocenters. The first-order valence-electron chi connectivity index (χ1n) is 7.39. The Balaban J connectivity index is 1.77. The van der Waals surface area contributed by atoms with E-state index < -0.39 is 0 Å². The van der Waals surface area contributed by atoms with Crippen LogP contribution in [0, 0.1) is 20.8 Å². The van der Waals surface area contributed by atoms with Gasteiger partial charge in [-0.15, -0.1) is 0 Å². The van der Waals surface area contributed by atoms with Crippen molar-refractivity contribution in [2.45, 2.75) is 46.2 Å². The lowest BCUT2D eigenvalue weighted by Crippen LogP contribution is -2.33. The average molecular weight is 323 g/mol. The van der Waals surface area contributed by atoms with Crippen LogP contribution in [0.2, 0.25) is 5.02 Å². The third kappa shape index (κ3) is 2.63. The van der Waals surface area contributed by atoms with E-state index in [0.29, 0.717) is 5.02 Å². The number of halogens is 1.